The van der Waals surface area contributed by atoms with Crippen molar-refractivity contribution in [1.82, 2.24) is 4.98 Å². The Kier molecular flexibility index (Phi) is 2.14. The molecule has 1 heterocycles. The zero-order valence-corrected chi connectivity index (χ0v) is 7.82. The van der Waals surface area contributed by atoms with Crippen LogP contribution in [0.4, 0.5) is 5.69 Å². The number of nitrogens with zero attached hydrogens (tertiary/aromatic N) is 1. The molecule has 0 saturated heterocycles. The van der Waals surface area contributed by atoms with Crippen LogP contribution in [0.1, 0.15) is 10.5 Å². The van der Waals surface area contributed by atoms with Crippen molar-refractivity contribution in [2.75, 3.05) is 12.4 Å². The first-order chi connectivity index (χ1) is 6.85. The SMILES string of the molecule is CNc1cc(C=O)nc2ccccc12. The number of hydrogen-bond donors (Lipinski definition) is 1. The van der Waals surface area contributed by atoms with Gasteiger partial charge in [-0.3, -0.25) is 4.79 Å². The monoisotopic (exact) mass is 186 g/mol. The van der Waals surface area contributed by atoms with E-state index in [-0.39, 0.29) is 0 Å². The molecule has 0 spiro atoms. The Morgan fingerprint density at radius 1 is 1.36 bits per heavy atom. The number of aldehydes is 1. The number of rotatable bonds is 2. The fourth-order valence-electron chi connectivity index (χ4n) is 1.46. The van der Waals surface area contributed by atoms with Crippen molar-refractivity contribution < 1.29 is 4.79 Å². The van der Waals surface area contributed by atoms with Gasteiger partial charge in [0.15, 0.2) is 6.29 Å². The zero-order chi connectivity index (χ0) is 9.97. The normalized spacial score (nSPS) is 10.1. The number of carbonyl (C=O) groups excluding carboxylic acids is 1. The Morgan fingerprint density at radius 3 is 2.86 bits per heavy atom. The lowest BCUT2D eigenvalue weighted by Gasteiger charge is -2.05. The number of fused-ring (bicyclic) bond motifs is 1. The molecule has 70 valence electrons. The molecule has 1 aromatic carbocycles. The molecule has 0 fully saturated rings. The van der Waals surface area contributed by atoms with E-state index in [1.54, 1.807) is 6.07 Å². The molecule has 0 atom stereocenters. The van der Waals surface area contributed by atoms with Gasteiger partial charge in [-0.25, -0.2) is 4.98 Å². The van der Waals surface area contributed by atoms with Crippen LogP contribution >= 0.6 is 0 Å². The van der Waals surface area contributed by atoms with Crippen LogP contribution in [-0.4, -0.2) is 18.3 Å². The second kappa shape index (κ2) is 3.46. The molecule has 0 aliphatic carbocycles. The van der Waals surface area contributed by atoms with Crippen LogP contribution < -0.4 is 5.32 Å². The van der Waals surface area contributed by atoms with Crippen molar-refractivity contribution in [3.63, 3.8) is 0 Å². The van der Waals surface area contributed by atoms with Crippen LogP contribution in [0.2, 0.25) is 0 Å². The van der Waals surface area contributed by atoms with Crippen LogP contribution in [0, 0.1) is 0 Å². The van der Waals surface area contributed by atoms with E-state index >= 15 is 0 Å². The second-order valence-electron chi connectivity index (χ2n) is 2.98. The molecule has 2 rings (SSSR count). The van der Waals surface area contributed by atoms with Crippen molar-refractivity contribution in [1.29, 1.82) is 0 Å². The van der Waals surface area contributed by atoms with Crippen molar-refractivity contribution in [2.24, 2.45) is 0 Å². The fraction of sp³-hybridized carbons (Fsp3) is 0.0909. The molecule has 0 amide bonds. The largest absolute Gasteiger partial charge is 0.388 e. The summed E-state index contributed by atoms with van der Waals surface area (Å²) in [5.41, 5.74) is 2.22. The van der Waals surface area contributed by atoms with Gasteiger partial charge in [-0.2, -0.15) is 0 Å². The molecule has 0 radical (unpaired) electrons. The molecule has 2 aromatic rings. The number of anilines is 1. The predicted octanol–water partition coefficient (Wildman–Crippen LogP) is 2.09. The number of para-hydroxylation sites is 1. The molecule has 0 aliphatic rings. The molecule has 3 nitrogen and oxygen atoms in total. The van der Waals surface area contributed by atoms with Crippen LogP contribution in [0.3, 0.4) is 0 Å². The second-order valence-corrected chi connectivity index (χ2v) is 2.98. The highest BCUT2D eigenvalue weighted by Crippen LogP contribution is 2.21. The summed E-state index contributed by atoms with van der Waals surface area (Å²) in [6.07, 6.45) is 0.757. The number of hydrogen-bond acceptors (Lipinski definition) is 3. The number of pyridine rings is 1. The molecule has 14 heavy (non-hydrogen) atoms. The van der Waals surface area contributed by atoms with E-state index in [2.05, 4.69) is 10.3 Å². The molecule has 0 bridgehead atoms. The van der Waals surface area contributed by atoms with E-state index in [4.69, 9.17) is 0 Å². The third-order valence-electron chi connectivity index (χ3n) is 2.13. The maximum absolute atomic E-state index is 10.6. The Bertz CT molecular complexity index is 480. The predicted molar refractivity (Wildman–Crippen MR) is 56.7 cm³/mol. The standard InChI is InChI=1S/C11H10N2O/c1-12-11-6-8(7-14)13-10-5-3-2-4-9(10)11/h2-7H,1H3,(H,12,13). The summed E-state index contributed by atoms with van der Waals surface area (Å²) in [6.45, 7) is 0. The number of aromatic nitrogens is 1. The molecular weight excluding hydrogens is 176 g/mol. The fourth-order valence-corrected chi connectivity index (χ4v) is 1.46. The summed E-state index contributed by atoms with van der Waals surface area (Å²) in [6, 6.07) is 9.47. The molecule has 3 heteroatoms. The third kappa shape index (κ3) is 1.33. The molecular formula is C11H10N2O. The Hall–Kier alpha value is -1.90. The highest BCUT2D eigenvalue weighted by Gasteiger charge is 2.02. The van der Waals surface area contributed by atoms with E-state index < -0.39 is 0 Å². The lowest BCUT2D eigenvalue weighted by atomic mass is 10.1. The highest BCUT2D eigenvalue weighted by atomic mass is 16.1. The molecule has 0 saturated carbocycles. The minimum atomic E-state index is 0.452. The topological polar surface area (TPSA) is 42.0 Å². The molecule has 0 unspecified atom stereocenters. The summed E-state index contributed by atoms with van der Waals surface area (Å²) in [7, 11) is 1.83. The van der Waals surface area contributed by atoms with Gasteiger partial charge in [0.2, 0.25) is 0 Å². The quantitative estimate of drug-likeness (QED) is 0.730. The minimum Gasteiger partial charge on any atom is -0.388 e. The summed E-state index contributed by atoms with van der Waals surface area (Å²) in [5, 5.41) is 4.07. The van der Waals surface area contributed by atoms with E-state index in [1.165, 1.54) is 0 Å². The van der Waals surface area contributed by atoms with Crippen LogP contribution in [0.15, 0.2) is 30.3 Å². The third-order valence-corrected chi connectivity index (χ3v) is 2.13. The first-order valence-electron chi connectivity index (χ1n) is 4.38. The summed E-state index contributed by atoms with van der Waals surface area (Å²) < 4.78 is 0. The maximum atomic E-state index is 10.6. The van der Waals surface area contributed by atoms with Gasteiger partial charge >= 0.3 is 0 Å². The van der Waals surface area contributed by atoms with E-state index in [0.717, 1.165) is 22.9 Å². The average molecular weight is 186 g/mol. The van der Waals surface area contributed by atoms with Crippen molar-refractivity contribution in [3.05, 3.63) is 36.0 Å². The molecule has 0 aliphatic heterocycles. The van der Waals surface area contributed by atoms with Crippen LogP contribution in [-0.2, 0) is 0 Å². The van der Waals surface area contributed by atoms with Gasteiger partial charge in [-0.1, -0.05) is 18.2 Å². The van der Waals surface area contributed by atoms with Gasteiger partial charge < -0.3 is 5.32 Å². The van der Waals surface area contributed by atoms with Crippen molar-refractivity contribution in [3.8, 4) is 0 Å². The summed E-state index contributed by atoms with van der Waals surface area (Å²) in [4.78, 5) is 14.8. The van der Waals surface area contributed by atoms with Gasteiger partial charge in [0.05, 0.1) is 5.52 Å². The Morgan fingerprint density at radius 2 is 2.14 bits per heavy atom. The lowest BCUT2D eigenvalue weighted by molar-refractivity contribution is 0.111. The van der Waals surface area contributed by atoms with Crippen LogP contribution in [0.25, 0.3) is 10.9 Å². The molecule has 1 N–H and O–H groups in total. The number of benzene rings is 1. The first kappa shape index (κ1) is 8.69. The summed E-state index contributed by atoms with van der Waals surface area (Å²) in [5.74, 6) is 0. The van der Waals surface area contributed by atoms with Gasteiger partial charge in [0, 0.05) is 18.1 Å². The van der Waals surface area contributed by atoms with E-state index in [9.17, 15) is 4.79 Å². The van der Waals surface area contributed by atoms with Crippen LogP contribution in [0.5, 0.6) is 0 Å². The Balaban J connectivity index is 2.79. The first-order valence-corrected chi connectivity index (χ1v) is 4.38. The van der Waals surface area contributed by atoms with E-state index in [0.29, 0.717) is 5.69 Å². The summed E-state index contributed by atoms with van der Waals surface area (Å²) >= 11 is 0. The van der Waals surface area contributed by atoms with Gasteiger partial charge in [-0.05, 0) is 12.1 Å². The van der Waals surface area contributed by atoms with Crippen molar-refractivity contribution in [2.45, 2.75) is 0 Å². The Labute approximate surface area is 81.8 Å². The minimum absolute atomic E-state index is 0.452. The highest BCUT2D eigenvalue weighted by molar-refractivity contribution is 5.94. The average Bonchev–Trinajstić information content (AvgIpc) is 2.27. The number of carbonyl (C=O) groups is 1. The molecule has 1 aromatic heterocycles. The van der Waals surface area contributed by atoms with Gasteiger partial charge in [0.25, 0.3) is 0 Å². The lowest BCUT2D eigenvalue weighted by Crippen LogP contribution is -1.95. The van der Waals surface area contributed by atoms with E-state index in [1.807, 2.05) is 31.3 Å². The van der Waals surface area contributed by atoms with Crippen molar-refractivity contribution >= 4 is 22.9 Å². The smallest absolute Gasteiger partial charge is 0.168 e. The zero-order valence-electron chi connectivity index (χ0n) is 7.82. The number of nitrogens with one attached hydrogen (secondary N) is 1. The van der Waals surface area contributed by atoms with Gasteiger partial charge in [-0.15, -0.1) is 0 Å². The van der Waals surface area contributed by atoms with Gasteiger partial charge in [0.1, 0.15) is 5.69 Å². The maximum Gasteiger partial charge on any atom is 0.168 e.